The Hall–Kier alpha value is -3.59. The Labute approximate surface area is 215 Å². The summed E-state index contributed by atoms with van der Waals surface area (Å²) >= 11 is 0. The number of cyclic esters (lactones) is 1. The number of esters is 2. The molecule has 2 aromatic carbocycles. The van der Waals surface area contributed by atoms with Crippen molar-refractivity contribution in [3.05, 3.63) is 40.5 Å². The highest BCUT2D eigenvalue weighted by Crippen LogP contribution is 2.49. The van der Waals surface area contributed by atoms with Gasteiger partial charge >= 0.3 is 11.9 Å². The fourth-order valence-electron chi connectivity index (χ4n) is 4.83. The summed E-state index contributed by atoms with van der Waals surface area (Å²) in [5, 5.41) is 32.0. The number of hydrogen-bond acceptors (Lipinski definition) is 9. The van der Waals surface area contributed by atoms with E-state index in [2.05, 4.69) is 0 Å². The molecule has 198 valence electrons. The van der Waals surface area contributed by atoms with Crippen molar-refractivity contribution in [3.63, 3.8) is 0 Å². The van der Waals surface area contributed by atoms with Crippen LogP contribution in [-0.4, -0.2) is 38.8 Å². The Balaban J connectivity index is 1.74. The van der Waals surface area contributed by atoms with Gasteiger partial charge in [-0.05, 0) is 24.5 Å². The summed E-state index contributed by atoms with van der Waals surface area (Å²) in [6.45, 7) is 4.04. The molecule has 0 radical (unpaired) electrons. The van der Waals surface area contributed by atoms with E-state index in [1.807, 2.05) is 13.8 Å². The molecule has 0 fully saturated rings. The van der Waals surface area contributed by atoms with E-state index in [-0.39, 0.29) is 70.3 Å². The zero-order chi connectivity index (χ0) is 26.7. The minimum absolute atomic E-state index is 0.0253. The molecule has 2 aliphatic heterocycles. The van der Waals surface area contributed by atoms with Gasteiger partial charge in [-0.15, -0.1) is 0 Å². The number of fused-ring (bicyclic) bond motifs is 4. The van der Waals surface area contributed by atoms with Gasteiger partial charge in [-0.2, -0.15) is 0 Å². The highest BCUT2D eigenvalue weighted by Gasteiger charge is 2.43. The van der Waals surface area contributed by atoms with Crippen LogP contribution in [0, 0.1) is 0 Å². The molecule has 0 saturated heterocycles. The van der Waals surface area contributed by atoms with Crippen molar-refractivity contribution in [2.45, 2.75) is 83.8 Å². The number of carbonyl (C=O) groups excluding carboxylic acids is 3. The lowest BCUT2D eigenvalue weighted by Gasteiger charge is -2.34. The maximum absolute atomic E-state index is 13.2. The number of ether oxygens (including phenoxy) is 3. The standard InChI is InChI=1S/C28H32O9/c1-3-5-7-9-17(29)11-16-12-18(30)13-21-23(16)26(32)36-22-14-20(31)24-19(25(22)35-21)15-28(34,37-27(24)33)10-8-6-4-2/h12-14,30-31,34H,3-11,15H2,1-2H3. The van der Waals surface area contributed by atoms with Crippen LogP contribution in [0.3, 0.4) is 0 Å². The molecule has 2 aromatic rings. The van der Waals surface area contributed by atoms with Gasteiger partial charge in [-0.1, -0.05) is 39.5 Å². The number of Topliss-reactive ketones (excluding diaryl/α,β-unsaturated/α-hetero) is 1. The SMILES string of the molecule is CCCCCC(=O)Cc1cc(O)cc2c1C(=O)Oc1cc(O)c3c(c1O2)CC(O)(CCCCC)OC3=O. The predicted octanol–water partition coefficient (Wildman–Crippen LogP) is 5.10. The molecular formula is C28H32O9. The van der Waals surface area contributed by atoms with Gasteiger partial charge in [-0.25, -0.2) is 9.59 Å². The Kier molecular flexibility index (Phi) is 7.73. The van der Waals surface area contributed by atoms with Crippen LogP contribution in [0.2, 0.25) is 0 Å². The Morgan fingerprint density at radius 2 is 1.65 bits per heavy atom. The molecule has 2 heterocycles. The van der Waals surface area contributed by atoms with Crippen molar-refractivity contribution in [2.24, 2.45) is 0 Å². The lowest BCUT2D eigenvalue weighted by Crippen LogP contribution is -2.41. The van der Waals surface area contributed by atoms with Gasteiger partial charge in [0.25, 0.3) is 0 Å². The van der Waals surface area contributed by atoms with Crippen LogP contribution < -0.4 is 9.47 Å². The fraction of sp³-hybridized carbons (Fsp3) is 0.464. The summed E-state index contributed by atoms with van der Waals surface area (Å²) in [7, 11) is 0. The number of phenolic OH excluding ortho intramolecular Hbond substituents is 2. The van der Waals surface area contributed by atoms with Crippen LogP contribution in [0.5, 0.6) is 28.7 Å². The fourth-order valence-corrected chi connectivity index (χ4v) is 4.83. The highest BCUT2D eigenvalue weighted by molar-refractivity contribution is 6.01. The van der Waals surface area contributed by atoms with Crippen molar-refractivity contribution in [2.75, 3.05) is 0 Å². The van der Waals surface area contributed by atoms with Gasteiger partial charge in [0, 0.05) is 43.4 Å². The van der Waals surface area contributed by atoms with E-state index in [9.17, 15) is 29.7 Å². The third kappa shape index (κ3) is 5.56. The third-order valence-corrected chi connectivity index (χ3v) is 6.67. The molecule has 37 heavy (non-hydrogen) atoms. The molecule has 0 spiro atoms. The van der Waals surface area contributed by atoms with Crippen molar-refractivity contribution < 1.29 is 43.9 Å². The molecule has 4 rings (SSSR count). The number of carbonyl (C=O) groups is 3. The zero-order valence-electron chi connectivity index (χ0n) is 21.1. The zero-order valence-corrected chi connectivity index (χ0v) is 21.1. The van der Waals surface area contributed by atoms with Crippen molar-refractivity contribution in [3.8, 4) is 28.7 Å². The van der Waals surface area contributed by atoms with E-state index in [1.54, 1.807) is 0 Å². The summed E-state index contributed by atoms with van der Waals surface area (Å²) in [6, 6.07) is 3.63. The molecule has 0 bridgehead atoms. The Morgan fingerprint density at radius 3 is 2.38 bits per heavy atom. The topological polar surface area (TPSA) is 140 Å². The van der Waals surface area contributed by atoms with Gasteiger partial charge in [-0.3, -0.25) is 4.79 Å². The number of ketones is 1. The van der Waals surface area contributed by atoms with E-state index in [1.165, 1.54) is 12.1 Å². The first-order chi connectivity index (χ1) is 17.7. The number of unbranched alkanes of at least 4 members (excludes halogenated alkanes) is 4. The Morgan fingerprint density at radius 1 is 0.919 bits per heavy atom. The number of benzene rings is 2. The smallest absolute Gasteiger partial charge is 0.347 e. The first-order valence-corrected chi connectivity index (χ1v) is 12.8. The number of hydrogen-bond donors (Lipinski definition) is 3. The van der Waals surface area contributed by atoms with Crippen LogP contribution in [0.25, 0.3) is 0 Å². The van der Waals surface area contributed by atoms with E-state index in [4.69, 9.17) is 14.2 Å². The van der Waals surface area contributed by atoms with E-state index < -0.39 is 23.5 Å². The summed E-state index contributed by atoms with van der Waals surface area (Å²) in [5.41, 5.74) is 0.168. The van der Waals surface area contributed by atoms with Crippen molar-refractivity contribution >= 4 is 17.7 Å². The molecule has 0 aliphatic carbocycles. The molecule has 1 unspecified atom stereocenters. The second-order valence-electron chi connectivity index (χ2n) is 9.69. The number of rotatable bonds is 10. The van der Waals surface area contributed by atoms with Crippen LogP contribution in [0.15, 0.2) is 18.2 Å². The number of phenols is 2. The van der Waals surface area contributed by atoms with Crippen molar-refractivity contribution in [1.29, 1.82) is 0 Å². The van der Waals surface area contributed by atoms with Crippen LogP contribution >= 0.6 is 0 Å². The largest absolute Gasteiger partial charge is 0.508 e. The highest BCUT2D eigenvalue weighted by atomic mass is 16.7. The van der Waals surface area contributed by atoms with Crippen LogP contribution in [-0.2, 0) is 22.4 Å². The Bertz CT molecular complexity index is 1230. The molecule has 1 atom stereocenters. The molecule has 9 heteroatoms. The number of aliphatic hydroxyl groups is 1. The maximum atomic E-state index is 13.2. The number of aromatic hydroxyl groups is 2. The van der Waals surface area contributed by atoms with Gasteiger partial charge in [0.15, 0.2) is 11.5 Å². The summed E-state index contributed by atoms with van der Waals surface area (Å²) in [5.74, 6) is -4.61. The minimum Gasteiger partial charge on any atom is -0.508 e. The summed E-state index contributed by atoms with van der Waals surface area (Å²) < 4.78 is 16.9. The summed E-state index contributed by atoms with van der Waals surface area (Å²) in [6.07, 6.45) is 5.17. The quantitative estimate of drug-likeness (QED) is 0.225. The van der Waals surface area contributed by atoms with E-state index in [0.717, 1.165) is 38.2 Å². The van der Waals surface area contributed by atoms with Crippen molar-refractivity contribution in [1.82, 2.24) is 0 Å². The van der Waals surface area contributed by atoms with Crippen LogP contribution in [0.4, 0.5) is 0 Å². The van der Waals surface area contributed by atoms with E-state index >= 15 is 0 Å². The second kappa shape index (κ2) is 10.8. The first-order valence-electron chi connectivity index (χ1n) is 12.8. The molecule has 0 amide bonds. The normalized spacial score (nSPS) is 18.0. The molecule has 9 nitrogen and oxygen atoms in total. The summed E-state index contributed by atoms with van der Waals surface area (Å²) in [4.78, 5) is 38.5. The molecule has 3 N–H and O–H groups in total. The molecular weight excluding hydrogens is 480 g/mol. The maximum Gasteiger partial charge on any atom is 0.347 e. The second-order valence-corrected chi connectivity index (χ2v) is 9.69. The molecule has 0 aromatic heterocycles. The van der Waals surface area contributed by atoms with Gasteiger partial charge in [0.05, 0.1) is 0 Å². The lowest BCUT2D eigenvalue weighted by molar-refractivity contribution is -0.174. The van der Waals surface area contributed by atoms with Gasteiger partial charge in [0.2, 0.25) is 5.79 Å². The first kappa shape index (κ1) is 26.5. The van der Waals surface area contributed by atoms with Gasteiger partial charge < -0.3 is 29.5 Å². The van der Waals surface area contributed by atoms with Crippen LogP contribution in [0.1, 0.15) is 97.1 Å². The monoisotopic (exact) mass is 512 g/mol. The third-order valence-electron chi connectivity index (χ3n) is 6.67. The lowest BCUT2D eigenvalue weighted by atomic mass is 9.91. The van der Waals surface area contributed by atoms with Gasteiger partial charge in [0.1, 0.15) is 34.2 Å². The van der Waals surface area contributed by atoms with E-state index in [0.29, 0.717) is 12.8 Å². The molecule has 2 aliphatic rings. The predicted molar refractivity (Wildman–Crippen MR) is 132 cm³/mol. The minimum atomic E-state index is -1.82. The average molecular weight is 513 g/mol. The molecule has 0 saturated carbocycles. The average Bonchev–Trinajstić information content (AvgIpc) is 2.94.